The van der Waals surface area contributed by atoms with Crippen molar-refractivity contribution < 1.29 is 14.0 Å². The first-order valence-electron chi connectivity index (χ1n) is 7.27. The SMILES string of the molecule is CCOc1ccccc1Nc1nc(-c2ccc(OC)cc2)no1. The van der Waals surface area contributed by atoms with Gasteiger partial charge in [-0.15, -0.1) is 0 Å². The highest BCUT2D eigenvalue weighted by Gasteiger charge is 2.11. The van der Waals surface area contributed by atoms with Crippen molar-refractivity contribution in [3.05, 3.63) is 48.5 Å². The number of methoxy groups -OCH3 is 1. The number of benzene rings is 2. The van der Waals surface area contributed by atoms with Crippen LogP contribution in [0.3, 0.4) is 0 Å². The molecule has 0 saturated heterocycles. The zero-order valence-corrected chi connectivity index (χ0v) is 12.9. The van der Waals surface area contributed by atoms with E-state index in [1.807, 2.05) is 55.5 Å². The van der Waals surface area contributed by atoms with E-state index >= 15 is 0 Å². The number of hydrogen-bond donors (Lipinski definition) is 1. The minimum absolute atomic E-state index is 0.308. The Morgan fingerprint density at radius 1 is 1.09 bits per heavy atom. The molecule has 0 amide bonds. The average Bonchev–Trinajstić information content (AvgIpc) is 3.05. The maximum absolute atomic E-state index is 5.56. The Balaban J connectivity index is 1.79. The number of aromatic nitrogens is 2. The number of nitrogens with zero attached hydrogens (tertiary/aromatic N) is 2. The molecule has 0 unspecified atom stereocenters. The molecule has 2 aromatic carbocycles. The summed E-state index contributed by atoms with van der Waals surface area (Å²) in [7, 11) is 1.63. The number of rotatable bonds is 6. The highest BCUT2D eigenvalue weighted by molar-refractivity contribution is 5.63. The summed E-state index contributed by atoms with van der Waals surface area (Å²) >= 11 is 0. The Labute approximate surface area is 134 Å². The van der Waals surface area contributed by atoms with Crippen LogP contribution in [0.4, 0.5) is 11.7 Å². The molecule has 23 heavy (non-hydrogen) atoms. The summed E-state index contributed by atoms with van der Waals surface area (Å²) in [5, 5.41) is 7.06. The molecule has 118 valence electrons. The minimum atomic E-state index is 0.308. The average molecular weight is 311 g/mol. The lowest BCUT2D eigenvalue weighted by Crippen LogP contribution is -1.97. The molecule has 0 aliphatic heterocycles. The molecule has 0 atom stereocenters. The van der Waals surface area contributed by atoms with E-state index in [9.17, 15) is 0 Å². The van der Waals surface area contributed by atoms with Gasteiger partial charge in [-0.05, 0) is 43.3 Å². The summed E-state index contributed by atoms with van der Waals surface area (Å²) in [6.45, 7) is 2.52. The van der Waals surface area contributed by atoms with Crippen molar-refractivity contribution in [3.8, 4) is 22.9 Å². The highest BCUT2D eigenvalue weighted by atomic mass is 16.5. The van der Waals surface area contributed by atoms with Crippen LogP contribution in [-0.2, 0) is 0 Å². The maximum atomic E-state index is 5.56. The fourth-order valence-electron chi connectivity index (χ4n) is 2.10. The number of hydrogen-bond acceptors (Lipinski definition) is 6. The summed E-state index contributed by atoms with van der Waals surface area (Å²) in [4.78, 5) is 4.35. The molecule has 6 heteroatoms. The summed E-state index contributed by atoms with van der Waals surface area (Å²) in [5.74, 6) is 2.02. The third-order valence-electron chi connectivity index (χ3n) is 3.20. The lowest BCUT2D eigenvalue weighted by molar-refractivity contribution is 0.341. The van der Waals surface area contributed by atoms with E-state index in [1.165, 1.54) is 0 Å². The van der Waals surface area contributed by atoms with Crippen LogP contribution >= 0.6 is 0 Å². The quantitative estimate of drug-likeness (QED) is 0.745. The molecule has 1 heterocycles. The normalized spacial score (nSPS) is 10.3. The molecule has 0 radical (unpaired) electrons. The number of anilines is 2. The Kier molecular flexibility index (Phi) is 4.42. The molecular weight excluding hydrogens is 294 g/mol. The number of ether oxygens (including phenoxy) is 2. The second kappa shape index (κ2) is 6.83. The predicted octanol–water partition coefficient (Wildman–Crippen LogP) is 3.89. The molecule has 3 aromatic rings. The third kappa shape index (κ3) is 3.42. The molecule has 0 bridgehead atoms. The smallest absolute Gasteiger partial charge is 0.326 e. The van der Waals surface area contributed by atoms with Crippen LogP contribution in [0.15, 0.2) is 53.1 Å². The Morgan fingerprint density at radius 2 is 1.87 bits per heavy atom. The van der Waals surface area contributed by atoms with E-state index in [-0.39, 0.29) is 0 Å². The molecule has 0 spiro atoms. The van der Waals surface area contributed by atoms with Crippen LogP contribution in [0.2, 0.25) is 0 Å². The monoisotopic (exact) mass is 311 g/mol. The van der Waals surface area contributed by atoms with Crippen LogP contribution in [-0.4, -0.2) is 23.9 Å². The van der Waals surface area contributed by atoms with Crippen molar-refractivity contribution in [1.29, 1.82) is 0 Å². The minimum Gasteiger partial charge on any atom is -0.497 e. The van der Waals surface area contributed by atoms with Gasteiger partial charge in [0.15, 0.2) is 0 Å². The second-order valence-corrected chi connectivity index (χ2v) is 4.71. The topological polar surface area (TPSA) is 69.4 Å². The van der Waals surface area contributed by atoms with E-state index in [4.69, 9.17) is 14.0 Å². The van der Waals surface area contributed by atoms with Crippen LogP contribution in [0.5, 0.6) is 11.5 Å². The van der Waals surface area contributed by atoms with Crippen LogP contribution < -0.4 is 14.8 Å². The molecule has 0 fully saturated rings. The van der Waals surface area contributed by atoms with E-state index < -0.39 is 0 Å². The van der Waals surface area contributed by atoms with Crippen LogP contribution in [0.1, 0.15) is 6.92 Å². The van der Waals surface area contributed by atoms with Gasteiger partial charge in [0.2, 0.25) is 5.82 Å². The summed E-state index contributed by atoms with van der Waals surface area (Å²) < 4.78 is 15.9. The van der Waals surface area contributed by atoms with E-state index in [0.29, 0.717) is 18.4 Å². The van der Waals surface area contributed by atoms with E-state index in [0.717, 1.165) is 22.7 Å². The molecule has 1 N–H and O–H groups in total. The maximum Gasteiger partial charge on any atom is 0.326 e. The fourth-order valence-corrected chi connectivity index (χ4v) is 2.10. The first-order chi connectivity index (χ1) is 11.3. The molecular formula is C17H17N3O3. The lowest BCUT2D eigenvalue weighted by Gasteiger charge is -2.08. The first kappa shape index (κ1) is 14.9. The molecule has 0 aliphatic carbocycles. The summed E-state index contributed by atoms with van der Waals surface area (Å²) in [6.07, 6.45) is 0. The van der Waals surface area contributed by atoms with E-state index in [2.05, 4.69) is 15.5 Å². The Morgan fingerprint density at radius 3 is 2.61 bits per heavy atom. The van der Waals surface area contributed by atoms with Crippen molar-refractivity contribution in [1.82, 2.24) is 10.1 Å². The van der Waals surface area contributed by atoms with Gasteiger partial charge < -0.3 is 19.3 Å². The predicted molar refractivity (Wildman–Crippen MR) is 87.2 cm³/mol. The van der Waals surface area contributed by atoms with Crippen molar-refractivity contribution in [2.45, 2.75) is 6.92 Å². The van der Waals surface area contributed by atoms with Crippen LogP contribution in [0, 0.1) is 0 Å². The highest BCUT2D eigenvalue weighted by Crippen LogP contribution is 2.28. The van der Waals surface area contributed by atoms with Gasteiger partial charge in [-0.25, -0.2) is 0 Å². The fraction of sp³-hybridized carbons (Fsp3) is 0.176. The van der Waals surface area contributed by atoms with Gasteiger partial charge >= 0.3 is 6.01 Å². The lowest BCUT2D eigenvalue weighted by atomic mass is 10.2. The van der Waals surface area contributed by atoms with Gasteiger partial charge in [0.1, 0.15) is 11.5 Å². The summed E-state index contributed by atoms with van der Waals surface area (Å²) in [5.41, 5.74) is 1.62. The van der Waals surface area contributed by atoms with E-state index in [1.54, 1.807) is 7.11 Å². The van der Waals surface area contributed by atoms with Gasteiger partial charge in [-0.3, -0.25) is 0 Å². The largest absolute Gasteiger partial charge is 0.497 e. The van der Waals surface area contributed by atoms with Gasteiger partial charge in [0.25, 0.3) is 0 Å². The van der Waals surface area contributed by atoms with Crippen molar-refractivity contribution in [2.24, 2.45) is 0 Å². The van der Waals surface area contributed by atoms with Gasteiger partial charge in [0.05, 0.1) is 19.4 Å². The first-order valence-corrected chi connectivity index (χ1v) is 7.27. The number of nitrogens with one attached hydrogen (secondary N) is 1. The Bertz CT molecular complexity index is 769. The van der Waals surface area contributed by atoms with Gasteiger partial charge in [-0.1, -0.05) is 17.3 Å². The molecule has 6 nitrogen and oxygen atoms in total. The van der Waals surface area contributed by atoms with Crippen LogP contribution in [0.25, 0.3) is 11.4 Å². The van der Waals surface area contributed by atoms with Gasteiger partial charge in [-0.2, -0.15) is 4.98 Å². The van der Waals surface area contributed by atoms with Crippen molar-refractivity contribution >= 4 is 11.7 Å². The second-order valence-electron chi connectivity index (χ2n) is 4.71. The molecule has 1 aromatic heterocycles. The summed E-state index contributed by atoms with van der Waals surface area (Å²) in [6, 6.07) is 15.4. The Hall–Kier alpha value is -3.02. The van der Waals surface area contributed by atoms with Gasteiger partial charge in [0, 0.05) is 5.56 Å². The molecule has 3 rings (SSSR count). The molecule has 0 saturated carbocycles. The zero-order chi connectivity index (χ0) is 16.1. The third-order valence-corrected chi connectivity index (χ3v) is 3.20. The standard InChI is InChI=1S/C17H17N3O3/c1-3-22-15-7-5-4-6-14(15)18-17-19-16(20-23-17)12-8-10-13(21-2)11-9-12/h4-11H,3H2,1-2H3,(H,18,19,20). The van der Waals surface area contributed by atoms with Crippen molar-refractivity contribution in [2.75, 3.05) is 19.0 Å². The molecule has 0 aliphatic rings. The zero-order valence-electron chi connectivity index (χ0n) is 12.9. The van der Waals surface area contributed by atoms with Crippen molar-refractivity contribution in [3.63, 3.8) is 0 Å². The number of para-hydroxylation sites is 2.